The number of alkyl carbamates (subject to hydrolysis) is 1. The van der Waals surface area contributed by atoms with Crippen molar-refractivity contribution >= 4 is 29.3 Å². The largest absolute Gasteiger partial charge is 0.445 e. The maximum Gasteiger partial charge on any atom is 0.408 e. The summed E-state index contributed by atoms with van der Waals surface area (Å²) in [4.78, 5) is 55.8. The Labute approximate surface area is 253 Å². The zero-order valence-corrected chi connectivity index (χ0v) is 26.8. The zero-order valence-electron chi connectivity index (χ0n) is 26.8. The molecule has 0 spiro atoms. The number of aldehydes is 1. The number of carbonyl (C=O) groups excluding carboxylic acids is 3. The van der Waals surface area contributed by atoms with Crippen LogP contribution in [-0.4, -0.2) is 47.2 Å². The zero-order chi connectivity index (χ0) is 32.4. The van der Waals surface area contributed by atoms with Crippen LogP contribution in [0.15, 0.2) is 41.2 Å². The second-order valence-corrected chi connectivity index (χ2v) is 10.8. The average molecular weight is 596 g/mol. The number of fused-ring (bicyclic) bond motifs is 4. The van der Waals surface area contributed by atoms with E-state index < -0.39 is 29.8 Å². The summed E-state index contributed by atoms with van der Waals surface area (Å²) < 4.78 is 17.7. The molecule has 43 heavy (non-hydrogen) atoms. The van der Waals surface area contributed by atoms with Gasteiger partial charge >= 0.3 is 12.1 Å². The Bertz CT molecular complexity index is 1490. The van der Waals surface area contributed by atoms with E-state index in [0.717, 1.165) is 16.5 Å². The van der Waals surface area contributed by atoms with E-state index in [1.807, 2.05) is 44.2 Å². The van der Waals surface area contributed by atoms with Gasteiger partial charge in [-0.15, -0.1) is 0 Å². The average Bonchev–Trinajstić information content (AvgIpc) is 3.33. The molecular formula is C33H45N3O7. The molecule has 1 aliphatic rings. The lowest BCUT2D eigenvalue weighted by molar-refractivity contribution is -0.163. The van der Waals surface area contributed by atoms with Crippen LogP contribution < -0.4 is 10.9 Å². The minimum atomic E-state index is -1.78. The maximum absolute atomic E-state index is 13.7. The molecule has 4 rings (SSSR count). The molecule has 1 N–H and O–H groups in total. The van der Waals surface area contributed by atoms with Gasteiger partial charge in [-0.25, -0.2) is 9.78 Å². The van der Waals surface area contributed by atoms with Crippen LogP contribution in [0.25, 0.3) is 22.3 Å². The number of aromatic nitrogens is 2. The van der Waals surface area contributed by atoms with Gasteiger partial charge in [0.05, 0.1) is 35.6 Å². The van der Waals surface area contributed by atoms with Crippen molar-refractivity contribution in [3.05, 3.63) is 63.4 Å². The Morgan fingerprint density at radius 1 is 1.07 bits per heavy atom. The standard InChI is InChI=1S/C28H31N3O7.C3H8.C2H6/c1-6-28(16-32,37-23(33)13-29-26(35)38-27(2,3)4)20-12-22-24-18(11-17-9-7-8-10-21(17)30-24)14-31(22)25(34)19(20)15-36-5;1-3-2;1-2/h7-12,16H,6,13-15H2,1-5H3,(H,29,35);3H2,1-2H3;1-2H3/t28-;;/m1../s1. The van der Waals surface area contributed by atoms with Crippen LogP contribution >= 0.6 is 0 Å². The fraction of sp³-hybridized carbons (Fsp3) is 0.485. The molecule has 2 aromatic heterocycles. The van der Waals surface area contributed by atoms with E-state index in [2.05, 4.69) is 19.2 Å². The minimum absolute atomic E-state index is 0.0479. The van der Waals surface area contributed by atoms with Crippen LogP contribution in [0.5, 0.6) is 0 Å². The van der Waals surface area contributed by atoms with Crippen molar-refractivity contribution in [3.8, 4) is 11.4 Å². The molecule has 10 nitrogen and oxygen atoms in total. The van der Waals surface area contributed by atoms with Crippen molar-refractivity contribution in [1.29, 1.82) is 0 Å². The molecule has 0 fully saturated rings. The highest BCUT2D eigenvalue weighted by atomic mass is 16.6. The van der Waals surface area contributed by atoms with Crippen molar-refractivity contribution in [2.45, 2.75) is 92.6 Å². The third-order valence-corrected chi connectivity index (χ3v) is 6.31. The summed E-state index contributed by atoms with van der Waals surface area (Å²) in [5.74, 6) is -0.863. The third-order valence-electron chi connectivity index (χ3n) is 6.31. The van der Waals surface area contributed by atoms with Crippen molar-refractivity contribution in [3.63, 3.8) is 0 Å². The first-order valence-electron chi connectivity index (χ1n) is 14.7. The summed E-state index contributed by atoms with van der Waals surface area (Å²) in [7, 11) is 1.44. The van der Waals surface area contributed by atoms with E-state index in [1.165, 1.54) is 13.5 Å². The van der Waals surface area contributed by atoms with Gasteiger partial charge in [0.15, 0.2) is 11.9 Å². The lowest BCUT2D eigenvalue weighted by Crippen LogP contribution is -2.42. The fourth-order valence-corrected chi connectivity index (χ4v) is 4.56. The molecule has 0 aliphatic carbocycles. The molecule has 234 valence electrons. The number of esters is 1. The van der Waals surface area contributed by atoms with Gasteiger partial charge in [-0.2, -0.15) is 0 Å². The van der Waals surface area contributed by atoms with Gasteiger partial charge < -0.3 is 24.1 Å². The predicted molar refractivity (Wildman–Crippen MR) is 167 cm³/mol. The number of methoxy groups -OCH3 is 1. The molecule has 3 aromatic rings. The van der Waals surface area contributed by atoms with Crippen LogP contribution in [0.2, 0.25) is 0 Å². The summed E-state index contributed by atoms with van der Waals surface area (Å²) in [6, 6.07) is 11.3. The Kier molecular flexibility index (Phi) is 12.6. The van der Waals surface area contributed by atoms with Gasteiger partial charge in [-0.1, -0.05) is 59.2 Å². The number of para-hydroxylation sites is 1. The second kappa shape index (κ2) is 15.4. The number of carbonyl (C=O) groups is 3. The van der Waals surface area contributed by atoms with Crippen molar-refractivity contribution in [2.24, 2.45) is 0 Å². The molecule has 0 saturated carbocycles. The van der Waals surface area contributed by atoms with E-state index in [-0.39, 0.29) is 29.7 Å². The number of nitrogens with one attached hydrogen (secondary N) is 1. The van der Waals surface area contributed by atoms with Crippen molar-refractivity contribution in [1.82, 2.24) is 14.9 Å². The number of rotatable bonds is 8. The van der Waals surface area contributed by atoms with Crippen LogP contribution in [0, 0.1) is 0 Å². The number of nitrogens with zero attached hydrogens (tertiary/aromatic N) is 2. The molecule has 0 unspecified atom stereocenters. The number of amides is 1. The summed E-state index contributed by atoms with van der Waals surface area (Å²) in [6.07, 6.45) is 1.01. The van der Waals surface area contributed by atoms with E-state index in [1.54, 1.807) is 38.3 Å². The van der Waals surface area contributed by atoms with Gasteiger partial charge in [0, 0.05) is 23.6 Å². The summed E-state index contributed by atoms with van der Waals surface area (Å²) >= 11 is 0. The minimum Gasteiger partial charge on any atom is -0.445 e. The van der Waals surface area contributed by atoms with Gasteiger partial charge in [-0.3, -0.25) is 14.4 Å². The molecule has 1 atom stereocenters. The number of pyridine rings is 2. The highest BCUT2D eigenvalue weighted by Gasteiger charge is 2.40. The van der Waals surface area contributed by atoms with Crippen molar-refractivity contribution < 1.29 is 28.6 Å². The molecule has 1 amide bonds. The monoisotopic (exact) mass is 595 g/mol. The molecule has 0 saturated heterocycles. The lowest BCUT2D eigenvalue weighted by Gasteiger charge is -2.30. The van der Waals surface area contributed by atoms with E-state index in [9.17, 15) is 19.2 Å². The normalized spacial score (nSPS) is 12.8. The Morgan fingerprint density at radius 3 is 2.30 bits per heavy atom. The van der Waals surface area contributed by atoms with Crippen LogP contribution in [-0.2, 0) is 42.6 Å². The Balaban J connectivity index is 0.00000121. The first-order valence-corrected chi connectivity index (χ1v) is 14.7. The highest BCUT2D eigenvalue weighted by molar-refractivity contribution is 5.85. The molecular weight excluding hydrogens is 550 g/mol. The number of hydrogen-bond donors (Lipinski definition) is 1. The molecule has 0 bridgehead atoms. The smallest absolute Gasteiger partial charge is 0.408 e. The highest BCUT2D eigenvalue weighted by Crippen LogP contribution is 2.37. The number of ether oxygens (including phenoxy) is 3. The van der Waals surface area contributed by atoms with Gasteiger partial charge in [0.1, 0.15) is 12.1 Å². The molecule has 0 radical (unpaired) electrons. The van der Waals surface area contributed by atoms with E-state index in [0.29, 0.717) is 24.2 Å². The summed E-state index contributed by atoms with van der Waals surface area (Å²) in [5, 5.41) is 3.28. The third kappa shape index (κ3) is 8.28. The Morgan fingerprint density at radius 2 is 1.72 bits per heavy atom. The maximum atomic E-state index is 13.7. The Hall–Kier alpha value is -4.05. The topological polar surface area (TPSA) is 126 Å². The quantitative estimate of drug-likeness (QED) is 0.198. The fourth-order valence-electron chi connectivity index (χ4n) is 4.56. The van der Waals surface area contributed by atoms with Crippen LogP contribution in [0.4, 0.5) is 4.79 Å². The van der Waals surface area contributed by atoms with E-state index in [4.69, 9.17) is 19.2 Å². The molecule has 3 heterocycles. The van der Waals surface area contributed by atoms with Gasteiger partial charge in [-0.05, 0) is 45.4 Å². The lowest BCUT2D eigenvalue weighted by atomic mass is 9.88. The SMILES string of the molecule is CC.CCC.CC[C@](C=O)(OC(=O)CNC(=O)OC(C)(C)C)c1cc2n(c(=O)c1COC)Cc1cc3ccccc3nc1-2. The first-order chi connectivity index (χ1) is 20.4. The first kappa shape index (κ1) is 35.1. The summed E-state index contributed by atoms with van der Waals surface area (Å²) in [6.45, 7) is 14.7. The molecule has 10 heteroatoms. The van der Waals surface area contributed by atoms with Gasteiger partial charge in [0.2, 0.25) is 0 Å². The van der Waals surface area contributed by atoms with Crippen LogP contribution in [0.1, 0.15) is 84.9 Å². The van der Waals surface area contributed by atoms with Gasteiger partial charge in [0.25, 0.3) is 5.56 Å². The van der Waals surface area contributed by atoms with Crippen molar-refractivity contribution in [2.75, 3.05) is 13.7 Å². The molecule has 1 aromatic carbocycles. The van der Waals surface area contributed by atoms with Crippen LogP contribution in [0.3, 0.4) is 0 Å². The molecule has 1 aliphatic heterocycles. The predicted octanol–water partition coefficient (Wildman–Crippen LogP) is 5.89. The second-order valence-electron chi connectivity index (χ2n) is 10.8. The number of benzene rings is 1. The summed E-state index contributed by atoms with van der Waals surface area (Å²) in [5.41, 5.74) is 0.324. The number of hydrogen-bond acceptors (Lipinski definition) is 8. The van der Waals surface area contributed by atoms with E-state index >= 15 is 0 Å².